The van der Waals surface area contributed by atoms with E-state index in [9.17, 15) is 9.59 Å². The van der Waals surface area contributed by atoms with E-state index in [4.69, 9.17) is 18.6 Å². The fourth-order valence-corrected chi connectivity index (χ4v) is 4.51. The summed E-state index contributed by atoms with van der Waals surface area (Å²) in [4.78, 5) is 31.0. The van der Waals surface area contributed by atoms with Gasteiger partial charge in [-0.05, 0) is 26.3 Å². The molecular formula is C24H31N4O6+. The molecule has 1 fully saturated rings. The van der Waals surface area contributed by atoms with Gasteiger partial charge in [0, 0.05) is 37.0 Å². The van der Waals surface area contributed by atoms with Crippen LogP contribution in [0.5, 0.6) is 0 Å². The number of carbonyl (C=O) groups is 2. The second kappa shape index (κ2) is 9.55. The van der Waals surface area contributed by atoms with Crippen LogP contribution >= 0.6 is 0 Å². The monoisotopic (exact) mass is 471 g/mol. The average Bonchev–Trinajstić information content (AvgIpc) is 3.56. The molecule has 0 N–H and O–H groups in total. The Kier molecular flexibility index (Phi) is 6.72. The molecule has 3 aromatic heterocycles. The molecule has 1 amide bonds. The number of likely N-dealkylation sites (N-methyl/N-ethyl adjacent to an activating group) is 1. The van der Waals surface area contributed by atoms with Gasteiger partial charge >= 0.3 is 12.1 Å². The highest BCUT2D eigenvalue weighted by Crippen LogP contribution is 2.43. The minimum absolute atomic E-state index is 0.0187. The molecule has 10 nitrogen and oxygen atoms in total. The molecule has 4 rings (SSSR count). The van der Waals surface area contributed by atoms with Gasteiger partial charge in [0.25, 0.3) is 5.76 Å². The molecule has 182 valence electrons. The summed E-state index contributed by atoms with van der Waals surface area (Å²) in [7, 11) is 3.57. The lowest BCUT2D eigenvalue weighted by Crippen LogP contribution is -2.59. The minimum atomic E-state index is -0.655. The van der Waals surface area contributed by atoms with Crippen LogP contribution in [0.2, 0.25) is 0 Å². The van der Waals surface area contributed by atoms with E-state index < -0.39 is 12.1 Å². The number of quaternary nitrogens is 1. The largest absolute Gasteiger partial charge is 0.521 e. The van der Waals surface area contributed by atoms with Crippen molar-refractivity contribution in [2.75, 3.05) is 26.9 Å². The summed E-state index contributed by atoms with van der Waals surface area (Å²) in [5, 5.41) is 4.77. The summed E-state index contributed by atoms with van der Waals surface area (Å²) >= 11 is 0. The van der Waals surface area contributed by atoms with Crippen molar-refractivity contribution in [3.05, 3.63) is 30.4 Å². The van der Waals surface area contributed by atoms with Gasteiger partial charge in [-0.25, -0.2) is 9.78 Å². The van der Waals surface area contributed by atoms with E-state index in [1.54, 1.807) is 38.0 Å². The van der Waals surface area contributed by atoms with Crippen molar-refractivity contribution in [2.24, 2.45) is 7.05 Å². The van der Waals surface area contributed by atoms with Gasteiger partial charge < -0.3 is 18.6 Å². The Morgan fingerprint density at radius 2 is 1.94 bits per heavy atom. The maximum Gasteiger partial charge on any atom is 0.521 e. The van der Waals surface area contributed by atoms with Crippen LogP contribution in [0.15, 0.2) is 29.1 Å². The molecule has 0 radical (unpaired) electrons. The van der Waals surface area contributed by atoms with Crippen LogP contribution in [0.4, 0.5) is 10.5 Å². The average molecular weight is 472 g/mol. The van der Waals surface area contributed by atoms with Crippen LogP contribution in [0.25, 0.3) is 22.2 Å². The molecule has 0 aromatic carbocycles. The van der Waals surface area contributed by atoms with E-state index in [2.05, 4.69) is 10.1 Å². The number of furan rings is 1. The standard InChI is InChI=1S/C24H31N4O6/c1-6-18-10-17(14-33-18)28(5,24(30)32-8-3)20-19-9-15(16-12-26-27(4)13-16)11-25-22(19)34-21(20)23(29)31-7-2/h9,11-13,17-18H,6-8,10,14H2,1-5H3/q+1/t17?,18-,28?/m1/s1. The minimum Gasteiger partial charge on any atom is -0.460 e. The number of amides is 1. The van der Waals surface area contributed by atoms with Crippen molar-refractivity contribution in [1.82, 2.24) is 19.2 Å². The molecule has 0 aliphatic carbocycles. The van der Waals surface area contributed by atoms with E-state index in [0.29, 0.717) is 24.1 Å². The number of fused-ring (bicyclic) bond motifs is 1. The fourth-order valence-electron chi connectivity index (χ4n) is 4.51. The van der Waals surface area contributed by atoms with E-state index in [0.717, 1.165) is 17.5 Å². The number of aryl methyl sites for hydroxylation is 1. The third-order valence-electron chi connectivity index (χ3n) is 6.38. The number of carbonyl (C=O) groups excluding carboxylic acids is 2. The first-order valence-corrected chi connectivity index (χ1v) is 11.6. The summed E-state index contributed by atoms with van der Waals surface area (Å²) in [6.45, 7) is 6.22. The van der Waals surface area contributed by atoms with Crippen LogP contribution in [0.3, 0.4) is 0 Å². The number of nitrogens with zero attached hydrogens (tertiary/aromatic N) is 4. The van der Waals surface area contributed by atoms with Crippen molar-refractivity contribution in [2.45, 2.75) is 45.8 Å². The third-order valence-corrected chi connectivity index (χ3v) is 6.38. The first-order chi connectivity index (χ1) is 16.3. The summed E-state index contributed by atoms with van der Waals surface area (Å²) in [5.74, 6) is -0.707. The maximum atomic E-state index is 13.5. The molecule has 3 aromatic rings. The van der Waals surface area contributed by atoms with Gasteiger partial charge in [0.05, 0.1) is 32.6 Å². The molecule has 10 heteroatoms. The van der Waals surface area contributed by atoms with Gasteiger partial charge in [-0.3, -0.25) is 4.68 Å². The molecule has 2 unspecified atom stereocenters. The van der Waals surface area contributed by atoms with Gasteiger partial charge in [-0.1, -0.05) is 6.92 Å². The predicted octanol–water partition coefficient (Wildman–Crippen LogP) is 4.07. The smallest absolute Gasteiger partial charge is 0.460 e. The van der Waals surface area contributed by atoms with E-state index in [1.807, 2.05) is 26.2 Å². The lowest BCUT2D eigenvalue weighted by molar-refractivity contribution is 0.0485. The van der Waals surface area contributed by atoms with Crippen LogP contribution in [0, 0.1) is 0 Å². The number of rotatable bonds is 7. The van der Waals surface area contributed by atoms with Crippen molar-refractivity contribution in [3.63, 3.8) is 0 Å². The number of hydrogen-bond acceptors (Lipinski definition) is 8. The van der Waals surface area contributed by atoms with Crippen LogP contribution in [-0.4, -0.2) is 65.8 Å². The Hall–Kier alpha value is -3.24. The first kappa shape index (κ1) is 23.9. The number of esters is 1. The quantitative estimate of drug-likeness (QED) is 0.375. The first-order valence-electron chi connectivity index (χ1n) is 11.6. The Labute approximate surface area is 198 Å². The maximum absolute atomic E-state index is 13.5. The second-order valence-electron chi connectivity index (χ2n) is 8.51. The fraction of sp³-hybridized carbons (Fsp3) is 0.500. The van der Waals surface area contributed by atoms with Crippen LogP contribution in [0.1, 0.15) is 44.2 Å². The Balaban J connectivity index is 1.97. The molecule has 4 heterocycles. The van der Waals surface area contributed by atoms with Gasteiger partial charge in [-0.15, -0.1) is 0 Å². The van der Waals surface area contributed by atoms with Crippen LogP contribution in [-0.2, 0) is 21.3 Å². The molecule has 0 bridgehead atoms. The number of pyridine rings is 1. The summed E-state index contributed by atoms with van der Waals surface area (Å²) in [6, 6.07) is 1.59. The number of hydrogen-bond donors (Lipinski definition) is 0. The molecule has 34 heavy (non-hydrogen) atoms. The topological polar surface area (TPSA) is 106 Å². The number of aromatic nitrogens is 3. The molecule has 3 atom stereocenters. The highest BCUT2D eigenvalue weighted by atomic mass is 16.6. The summed E-state index contributed by atoms with van der Waals surface area (Å²) in [6.07, 6.45) is 6.23. The zero-order valence-corrected chi connectivity index (χ0v) is 20.2. The van der Waals surface area contributed by atoms with Crippen molar-refractivity contribution >= 4 is 28.8 Å². The Morgan fingerprint density at radius 3 is 2.56 bits per heavy atom. The highest BCUT2D eigenvalue weighted by molar-refractivity contribution is 6.07. The Bertz CT molecular complexity index is 1200. The Morgan fingerprint density at radius 1 is 1.18 bits per heavy atom. The second-order valence-corrected chi connectivity index (χ2v) is 8.51. The molecule has 1 saturated heterocycles. The van der Waals surface area contributed by atoms with E-state index in [1.165, 1.54) is 0 Å². The SMILES string of the molecule is CCOC(=O)c1oc2ncc(-c3cnn(C)c3)cc2c1[N+](C)(C(=O)OCC)C1CO[C@H](CC)C1. The lowest BCUT2D eigenvalue weighted by Gasteiger charge is -2.34. The van der Waals surface area contributed by atoms with Crippen molar-refractivity contribution in [3.8, 4) is 11.1 Å². The zero-order valence-electron chi connectivity index (χ0n) is 20.2. The molecule has 1 aliphatic rings. The third kappa shape index (κ3) is 4.07. The predicted molar refractivity (Wildman–Crippen MR) is 125 cm³/mol. The molecular weight excluding hydrogens is 440 g/mol. The molecule has 0 saturated carbocycles. The zero-order chi connectivity index (χ0) is 24.5. The normalized spacial score (nSPS) is 19.8. The highest BCUT2D eigenvalue weighted by Gasteiger charge is 2.52. The molecule has 0 spiro atoms. The van der Waals surface area contributed by atoms with E-state index >= 15 is 0 Å². The van der Waals surface area contributed by atoms with Crippen molar-refractivity contribution in [1.29, 1.82) is 0 Å². The van der Waals surface area contributed by atoms with Gasteiger partial charge in [-0.2, -0.15) is 14.4 Å². The van der Waals surface area contributed by atoms with Gasteiger partial charge in [0.15, 0.2) is 0 Å². The summed E-state index contributed by atoms with van der Waals surface area (Å²) < 4.78 is 24.1. The lowest BCUT2D eigenvalue weighted by atomic mass is 10.0. The summed E-state index contributed by atoms with van der Waals surface area (Å²) in [5.41, 5.74) is 2.24. The van der Waals surface area contributed by atoms with E-state index in [-0.39, 0.29) is 41.3 Å². The van der Waals surface area contributed by atoms with Gasteiger partial charge in [0.2, 0.25) is 11.4 Å². The van der Waals surface area contributed by atoms with Gasteiger partial charge in [0.1, 0.15) is 18.0 Å². The molecule has 1 aliphatic heterocycles. The number of ether oxygens (including phenoxy) is 3. The van der Waals surface area contributed by atoms with Crippen molar-refractivity contribution < 1.29 is 28.2 Å². The van der Waals surface area contributed by atoms with Crippen LogP contribution < -0.4 is 4.48 Å².